The maximum absolute atomic E-state index is 12.8. The lowest BCUT2D eigenvalue weighted by molar-refractivity contribution is 0.0433. The highest BCUT2D eigenvalue weighted by Gasteiger charge is 2.38. The van der Waals surface area contributed by atoms with Crippen molar-refractivity contribution < 1.29 is 4.79 Å². The van der Waals surface area contributed by atoms with Gasteiger partial charge in [-0.1, -0.05) is 11.6 Å². The van der Waals surface area contributed by atoms with E-state index in [9.17, 15) is 4.79 Å². The number of hydrogen-bond donors (Lipinski definition) is 1. The van der Waals surface area contributed by atoms with Gasteiger partial charge in [0.05, 0.1) is 5.56 Å². The van der Waals surface area contributed by atoms with Crippen LogP contribution in [0.3, 0.4) is 0 Å². The summed E-state index contributed by atoms with van der Waals surface area (Å²) in [5, 5.41) is 4.14. The predicted octanol–water partition coefficient (Wildman–Crippen LogP) is 3.71. The number of benzene rings is 1. The third-order valence-corrected chi connectivity index (χ3v) is 5.56. The molecule has 2 aliphatic rings. The smallest absolute Gasteiger partial charge is 0.255 e. The second-order valence-corrected chi connectivity index (χ2v) is 7.53. The number of nitrogens with one attached hydrogen (secondary N) is 1. The van der Waals surface area contributed by atoms with Gasteiger partial charge in [0.15, 0.2) is 0 Å². The number of rotatable bonds is 1. The Morgan fingerprint density at radius 2 is 2.14 bits per heavy atom. The van der Waals surface area contributed by atoms with Crippen LogP contribution in [-0.4, -0.2) is 37.0 Å². The van der Waals surface area contributed by atoms with E-state index in [-0.39, 0.29) is 11.3 Å². The molecule has 2 fully saturated rings. The fraction of sp³-hybridized carbons (Fsp3) is 0.562. The second-order valence-electron chi connectivity index (χ2n) is 6.23. The van der Waals surface area contributed by atoms with Crippen molar-refractivity contribution in [3.05, 3.63) is 33.3 Å². The van der Waals surface area contributed by atoms with Crippen molar-refractivity contribution in [2.75, 3.05) is 26.2 Å². The highest BCUT2D eigenvalue weighted by atomic mass is 79.9. The van der Waals surface area contributed by atoms with Crippen molar-refractivity contribution in [3.63, 3.8) is 0 Å². The molecular formula is C16H20BrClN2O. The minimum Gasteiger partial charge on any atom is -0.338 e. The normalized spacial score (nSPS) is 26.1. The number of piperidine rings is 2. The largest absolute Gasteiger partial charge is 0.338 e. The molecule has 1 aromatic carbocycles. The molecule has 2 aliphatic heterocycles. The lowest BCUT2D eigenvalue weighted by Crippen LogP contribution is -2.52. The summed E-state index contributed by atoms with van der Waals surface area (Å²) >= 11 is 9.42. The first kappa shape index (κ1) is 15.3. The molecule has 2 heterocycles. The topological polar surface area (TPSA) is 32.3 Å². The average molecular weight is 372 g/mol. The van der Waals surface area contributed by atoms with Crippen molar-refractivity contribution in [2.24, 2.45) is 5.41 Å². The van der Waals surface area contributed by atoms with E-state index in [2.05, 4.69) is 21.2 Å². The quantitative estimate of drug-likeness (QED) is 0.816. The molecule has 0 bridgehead atoms. The minimum atomic E-state index is 0.114. The summed E-state index contributed by atoms with van der Waals surface area (Å²) in [5.41, 5.74) is 0.991. The third kappa shape index (κ3) is 3.27. The van der Waals surface area contributed by atoms with Crippen molar-refractivity contribution in [1.82, 2.24) is 10.2 Å². The molecule has 21 heavy (non-hydrogen) atoms. The molecule has 1 N–H and O–H groups in total. The zero-order valence-electron chi connectivity index (χ0n) is 12.0. The first-order valence-electron chi connectivity index (χ1n) is 7.55. The van der Waals surface area contributed by atoms with Crippen LogP contribution in [-0.2, 0) is 0 Å². The Morgan fingerprint density at radius 3 is 2.86 bits per heavy atom. The molecule has 3 rings (SSSR count). The van der Waals surface area contributed by atoms with Crippen LogP contribution in [0.15, 0.2) is 22.7 Å². The van der Waals surface area contributed by atoms with Gasteiger partial charge in [-0.15, -0.1) is 0 Å². The molecule has 1 amide bonds. The van der Waals surface area contributed by atoms with Gasteiger partial charge in [0.1, 0.15) is 0 Å². The third-order valence-electron chi connectivity index (χ3n) is 4.67. The molecule has 0 aliphatic carbocycles. The van der Waals surface area contributed by atoms with Gasteiger partial charge < -0.3 is 10.2 Å². The van der Waals surface area contributed by atoms with E-state index in [1.54, 1.807) is 12.1 Å². The zero-order chi connectivity index (χ0) is 14.9. The number of carbonyl (C=O) groups is 1. The minimum absolute atomic E-state index is 0.114. The van der Waals surface area contributed by atoms with E-state index < -0.39 is 0 Å². The Kier molecular flexibility index (Phi) is 4.57. The summed E-state index contributed by atoms with van der Waals surface area (Å²) in [6.07, 6.45) is 4.77. The molecule has 0 saturated carbocycles. The summed E-state index contributed by atoms with van der Waals surface area (Å²) in [6, 6.07) is 5.38. The summed E-state index contributed by atoms with van der Waals surface area (Å²) in [5.74, 6) is 0.114. The number of amides is 1. The number of hydrogen-bond acceptors (Lipinski definition) is 2. The van der Waals surface area contributed by atoms with Crippen LogP contribution in [0.4, 0.5) is 0 Å². The van der Waals surface area contributed by atoms with Crippen LogP contribution >= 0.6 is 27.5 Å². The second kappa shape index (κ2) is 6.27. The molecule has 3 nitrogen and oxygen atoms in total. The van der Waals surface area contributed by atoms with Crippen molar-refractivity contribution in [1.29, 1.82) is 0 Å². The van der Waals surface area contributed by atoms with Crippen molar-refractivity contribution in [2.45, 2.75) is 25.7 Å². The lowest BCUT2D eigenvalue weighted by atomic mass is 9.74. The highest BCUT2D eigenvalue weighted by Crippen LogP contribution is 2.36. The van der Waals surface area contributed by atoms with Crippen molar-refractivity contribution in [3.8, 4) is 0 Å². The van der Waals surface area contributed by atoms with E-state index in [0.29, 0.717) is 10.6 Å². The molecule has 114 valence electrons. The summed E-state index contributed by atoms with van der Waals surface area (Å²) in [4.78, 5) is 14.8. The Morgan fingerprint density at radius 1 is 1.33 bits per heavy atom. The van der Waals surface area contributed by atoms with Crippen LogP contribution in [0.1, 0.15) is 36.0 Å². The monoisotopic (exact) mass is 370 g/mol. The summed E-state index contributed by atoms with van der Waals surface area (Å²) < 4.78 is 0.779. The first-order chi connectivity index (χ1) is 10.1. The molecular weight excluding hydrogens is 352 g/mol. The van der Waals surface area contributed by atoms with Crippen LogP contribution < -0.4 is 5.32 Å². The van der Waals surface area contributed by atoms with Crippen LogP contribution in [0.5, 0.6) is 0 Å². The Balaban J connectivity index is 1.77. The molecule has 0 radical (unpaired) electrons. The van der Waals surface area contributed by atoms with Gasteiger partial charge in [0.25, 0.3) is 5.91 Å². The molecule has 2 saturated heterocycles. The van der Waals surface area contributed by atoms with Gasteiger partial charge in [-0.2, -0.15) is 0 Å². The van der Waals surface area contributed by atoms with Gasteiger partial charge in [-0.25, -0.2) is 0 Å². The van der Waals surface area contributed by atoms with Crippen LogP contribution in [0.2, 0.25) is 5.02 Å². The van der Waals surface area contributed by atoms with Crippen molar-refractivity contribution >= 4 is 33.4 Å². The van der Waals surface area contributed by atoms with E-state index >= 15 is 0 Å². The lowest BCUT2D eigenvalue weighted by Gasteiger charge is -2.45. The Labute approximate surface area is 139 Å². The van der Waals surface area contributed by atoms with E-state index in [1.807, 2.05) is 11.0 Å². The van der Waals surface area contributed by atoms with Gasteiger partial charge in [-0.05, 0) is 66.4 Å². The number of halogens is 2. The predicted molar refractivity (Wildman–Crippen MR) is 88.8 cm³/mol. The molecule has 1 spiro atoms. The fourth-order valence-corrected chi connectivity index (χ4v) is 4.45. The van der Waals surface area contributed by atoms with Gasteiger partial charge in [-0.3, -0.25) is 4.79 Å². The van der Waals surface area contributed by atoms with Crippen LogP contribution in [0.25, 0.3) is 0 Å². The SMILES string of the molecule is O=C(c1ccc(Cl)cc1Br)N1CCCC2(CCCNC2)C1. The van der Waals surface area contributed by atoms with Crippen LogP contribution in [0, 0.1) is 5.41 Å². The standard InChI is InChI=1S/C16H20BrClN2O/c17-14-9-12(18)3-4-13(14)15(21)20-8-2-6-16(11-20)5-1-7-19-10-16/h3-4,9,19H,1-2,5-8,10-11H2. The van der Waals surface area contributed by atoms with Gasteiger partial charge in [0.2, 0.25) is 0 Å². The average Bonchev–Trinajstić information content (AvgIpc) is 2.47. The molecule has 1 atom stereocenters. The Bertz CT molecular complexity index is 538. The number of carbonyl (C=O) groups excluding carboxylic acids is 1. The summed E-state index contributed by atoms with van der Waals surface area (Å²) in [6.45, 7) is 3.88. The summed E-state index contributed by atoms with van der Waals surface area (Å²) in [7, 11) is 0. The molecule has 0 aromatic heterocycles. The van der Waals surface area contributed by atoms with E-state index in [0.717, 1.165) is 37.1 Å². The Hall–Kier alpha value is -0.580. The molecule has 1 aromatic rings. The van der Waals surface area contributed by atoms with Gasteiger partial charge in [0, 0.05) is 34.5 Å². The maximum Gasteiger partial charge on any atom is 0.255 e. The van der Waals surface area contributed by atoms with E-state index in [1.165, 1.54) is 19.3 Å². The maximum atomic E-state index is 12.8. The number of likely N-dealkylation sites (tertiary alicyclic amines) is 1. The van der Waals surface area contributed by atoms with E-state index in [4.69, 9.17) is 11.6 Å². The molecule has 1 unspecified atom stereocenters. The fourth-order valence-electron chi connectivity index (χ4n) is 3.59. The highest BCUT2D eigenvalue weighted by molar-refractivity contribution is 9.10. The van der Waals surface area contributed by atoms with Gasteiger partial charge >= 0.3 is 0 Å². The molecule has 5 heteroatoms. The number of nitrogens with zero attached hydrogens (tertiary/aromatic N) is 1. The zero-order valence-corrected chi connectivity index (χ0v) is 14.3. The first-order valence-corrected chi connectivity index (χ1v) is 8.72.